The van der Waals surface area contributed by atoms with E-state index in [4.69, 9.17) is 14.2 Å². The number of carbonyl (C=O) groups excluding carboxylic acids is 1. The summed E-state index contributed by atoms with van der Waals surface area (Å²) in [6, 6.07) is 9.34. The summed E-state index contributed by atoms with van der Waals surface area (Å²) in [7, 11) is 5.41. The van der Waals surface area contributed by atoms with Crippen molar-refractivity contribution in [2.45, 2.75) is 43.2 Å². The number of rotatable bonds is 4. The van der Waals surface area contributed by atoms with Gasteiger partial charge in [0.1, 0.15) is 0 Å². The summed E-state index contributed by atoms with van der Waals surface area (Å²) in [5, 5.41) is 0. The Kier molecular flexibility index (Phi) is 4.21. The molecule has 2 aliphatic heterocycles. The second kappa shape index (κ2) is 5.99. The minimum absolute atomic E-state index is 0.0149. The zero-order valence-electron chi connectivity index (χ0n) is 13.3. The van der Waals surface area contributed by atoms with Gasteiger partial charge in [0.05, 0.1) is 17.8 Å². The molecule has 0 aliphatic carbocycles. The molecule has 120 valence electrons. The largest absolute Gasteiger partial charge is 0.440 e. The summed E-state index contributed by atoms with van der Waals surface area (Å²) in [6.07, 6.45) is 2.34. The molecule has 5 nitrogen and oxygen atoms in total. The van der Waals surface area contributed by atoms with Crippen LogP contribution in [0.25, 0.3) is 0 Å². The Bertz CT molecular complexity index is 535. The van der Waals surface area contributed by atoms with Gasteiger partial charge in [-0.3, -0.25) is 4.90 Å². The number of nitrogens with zero attached hydrogens (tertiary/aromatic N) is 1. The first-order valence-corrected chi connectivity index (χ1v) is 7.68. The van der Waals surface area contributed by atoms with Gasteiger partial charge in [-0.05, 0) is 25.6 Å². The molecular weight excluding hydrogens is 282 g/mol. The maximum absolute atomic E-state index is 12.5. The molecule has 2 unspecified atom stereocenters. The van der Waals surface area contributed by atoms with Crippen molar-refractivity contribution in [2.24, 2.45) is 0 Å². The van der Waals surface area contributed by atoms with Crippen molar-refractivity contribution >= 4 is 5.97 Å². The molecule has 1 aromatic carbocycles. The Balaban J connectivity index is 1.82. The Hall–Kier alpha value is -1.43. The van der Waals surface area contributed by atoms with Crippen molar-refractivity contribution in [3.63, 3.8) is 0 Å². The highest BCUT2D eigenvalue weighted by molar-refractivity contribution is 5.89. The summed E-state index contributed by atoms with van der Waals surface area (Å²) in [5.74, 6) is -0.279. The van der Waals surface area contributed by atoms with Crippen molar-refractivity contribution in [3.05, 3.63) is 35.9 Å². The third-order valence-corrected chi connectivity index (χ3v) is 5.10. The molecule has 2 aliphatic rings. The van der Waals surface area contributed by atoms with Crippen LogP contribution in [0.2, 0.25) is 0 Å². The molecular formula is C17H23NO4. The van der Waals surface area contributed by atoms with E-state index in [1.54, 1.807) is 26.4 Å². The van der Waals surface area contributed by atoms with Crippen LogP contribution in [0.1, 0.15) is 29.6 Å². The molecule has 3 rings (SSSR count). The number of ether oxygens (including phenoxy) is 3. The molecule has 0 saturated carbocycles. The normalized spacial score (nSPS) is 34.6. The van der Waals surface area contributed by atoms with Crippen LogP contribution in [0.5, 0.6) is 0 Å². The third-order valence-electron chi connectivity index (χ3n) is 5.10. The Morgan fingerprint density at radius 3 is 2.59 bits per heavy atom. The van der Waals surface area contributed by atoms with Crippen LogP contribution in [0.4, 0.5) is 0 Å². The lowest BCUT2D eigenvalue weighted by Crippen LogP contribution is -2.61. The minimum Gasteiger partial charge on any atom is -0.440 e. The van der Waals surface area contributed by atoms with E-state index in [0.29, 0.717) is 12.0 Å². The van der Waals surface area contributed by atoms with Crippen LogP contribution < -0.4 is 0 Å². The molecule has 0 aromatic heterocycles. The second-order valence-corrected chi connectivity index (χ2v) is 6.10. The average molecular weight is 305 g/mol. The van der Waals surface area contributed by atoms with E-state index in [1.807, 2.05) is 25.2 Å². The molecule has 1 aromatic rings. The van der Waals surface area contributed by atoms with Gasteiger partial charge in [0.2, 0.25) is 0 Å². The number of hydrogen-bond acceptors (Lipinski definition) is 5. The van der Waals surface area contributed by atoms with Crippen molar-refractivity contribution in [2.75, 3.05) is 21.3 Å². The number of benzene rings is 1. The van der Waals surface area contributed by atoms with Crippen LogP contribution in [0.15, 0.2) is 30.3 Å². The lowest BCUT2D eigenvalue weighted by molar-refractivity contribution is -0.191. The van der Waals surface area contributed by atoms with E-state index < -0.39 is 5.72 Å². The van der Waals surface area contributed by atoms with Gasteiger partial charge in [0.15, 0.2) is 5.72 Å². The zero-order valence-corrected chi connectivity index (χ0v) is 13.3. The lowest BCUT2D eigenvalue weighted by Gasteiger charge is -2.47. The first-order valence-electron chi connectivity index (χ1n) is 7.68. The van der Waals surface area contributed by atoms with Crippen molar-refractivity contribution in [1.82, 2.24) is 4.90 Å². The quantitative estimate of drug-likeness (QED) is 0.797. The number of fused-ring (bicyclic) bond motifs is 2. The summed E-state index contributed by atoms with van der Waals surface area (Å²) in [4.78, 5) is 14.6. The van der Waals surface area contributed by atoms with E-state index in [-0.39, 0.29) is 24.2 Å². The third kappa shape index (κ3) is 2.43. The lowest BCUT2D eigenvalue weighted by atomic mass is 9.94. The van der Waals surface area contributed by atoms with Crippen molar-refractivity contribution in [3.8, 4) is 0 Å². The van der Waals surface area contributed by atoms with E-state index in [0.717, 1.165) is 12.8 Å². The maximum Gasteiger partial charge on any atom is 0.339 e. The summed E-state index contributed by atoms with van der Waals surface area (Å²) in [5.41, 5.74) is -0.00984. The number of likely N-dealkylation sites (N-methyl/N-ethyl adjacent to an activating group) is 1. The fourth-order valence-corrected chi connectivity index (χ4v) is 3.85. The van der Waals surface area contributed by atoms with Gasteiger partial charge in [-0.25, -0.2) is 4.79 Å². The molecule has 2 heterocycles. The zero-order chi connectivity index (χ0) is 15.7. The highest BCUT2D eigenvalue weighted by atomic mass is 16.6. The Morgan fingerprint density at radius 1 is 1.23 bits per heavy atom. The highest BCUT2D eigenvalue weighted by Crippen LogP contribution is 2.45. The fourth-order valence-electron chi connectivity index (χ4n) is 3.85. The van der Waals surface area contributed by atoms with Gasteiger partial charge >= 0.3 is 5.97 Å². The molecule has 0 N–H and O–H groups in total. The van der Waals surface area contributed by atoms with Crippen LogP contribution in [-0.2, 0) is 14.2 Å². The van der Waals surface area contributed by atoms with E-state index in [1.165, 1.54) is 0 Å². The van der Waals surface area contributed by atoms with Crippen molar-refractivity contribution < 1.29 is 19.0 Å². The summed E-state index contributed by atoms with van der Waals surface area (Å²) in [6.45, 7) is 0. The first kappa shape index (κ1) is 15.5. The van der Waals surface area contributed by atoms with Crippen LogP contribution in [0, 0.1) is 0 Å². The fraction of sp³-hybridized carbons (Fsp3) is 0.588. The topological polar surface area (TPSA) is 48.0 Å². The molecule has 4 atom stereocenters. The van der Waals surface area contributed by atoms with E-state index >= 15 is 0 Å². The minimum atomic E-state index is -0.590. The number of hydrogen-bond donors (Lipinski definition) is 0. The van der Waals surface area contributed by atoms with Gasteiger partial charge in [0, 0.05) is 33.1 Å². The van der Waals surface area contributed by atoms with Gasteiger partial charge in [-0.1, -0.05) is 18.2 Å². The van der Waals surface area contributed by atoms with Gasteiger partial charge in [-0.2, -0.15) is 0 Å². The Labute approximate surface area is 131 Å². The SMILES string of the molecule is COC1C[C@@]2(OC(=O)c3ccccc3)CC[C@@H](C1OC)N2C. The number of carbonyl (C=O) groups is 1. The predicted molar refractivity (Wildman–Crippen MR) is 81.6 cm³/mol. The molecule has 5 heteroatoms. The second-order valence-electron chi connectivity index (χ2n) is 6.10. The van der Waals surface area contributed by atoms with E-state index in [2.05, 4.69) is 4.90 Å². The molecule has 2 saturated heterocycles. The average Bonchev–Trinajstić information content (AvgIpc) is 2.76. The van der Waals surface area contributed by atoms with Gasteiger partial charge < -0.3 is 14.2 Å². The first-order chi connectivity index (χ1) is 10.6. The monoisotopic (exact) mass is 305 g/mol. The van der Waals surface area contributed by atoms with Crippen LogP contribution in [-0.4, -0.2) is 56.1 Å². The molecule has 0 amide bonds. The van der Waals surface area contributed by atoms with Crippen molar-refractivity contribution in [1.29, 1.82) is 0 Å². The van der Waals surface area contributed by atoms with Crippen LogP contribution >= 0.6 is 0 Å². The van der Waals surface area contributed by atoms with Gasteiger partial charge in [-0.15, -0.1) is 0 Å². The summed E-state index contributed by atoms with van der Waals surface area (Å²) >= 11 is 0. The molecule has 22 heavy (non-hydrogen) atoms. The predicted octanol–water partition coefficient (Wildman–Crippen LogP) is 2.07. The molecule has 0 radical (unpaired) electrons. The number of methoxy groups -OCH3 is 2. The molecule has 2 fully saturated rings. The summed E-state index contributed by atoms with van der Waals surface area (Å²) < 4.78 is 17.2. The number of piperidine rings is 1. The van der Waals surface area contributed by atoms with Crippen LogP contribution in [0.3, 0.4) is 0 Å². The highest BCUT2D eigenvalue weighted by Gasteiger charge is 2.57. The van der Waals surface area contributed by atoms with Gasteiger partial charge in [0.25, 0.3) is 0 Å². The standard InChI is InChI=1S/C17H23NO4/c1-18-13-9-10-17(18,11-14(20-2)15(13)21-3)22-16(19)12-7-5-4-6-8-12/h4-8,13-15H,9-11H2,1-3H3/t13-,14?,15?,17-/m0/s1. The Morgan fingerprint density at radius 2 is 1.95 bits per heavy atom. The maximum atomic E-state index is 12.5. The molecule has 2 bridgehead atoms. The van der Waals surface area contributed by atoms with E-state index in [9.17, 15) is 4.79 Å². The molecule has 0 spiro atoms. The number of esters is 1. The smallest absolute Gasteiger partial charge is 0.339 e.